The largest absolute Gasteiger partial charge is 0.456 e. The molecule has 0 aliphatic carbocycles. The van der Waals surface area contributed by atoms with Gasteiger partial charge in [-0.2, -0.15) is 0 Å². The Morgan fingerprint density at radius 3 is 2.50 bits per heavy atom. The van der Waals surface area contributed by atoms with Crippen molar-refractivity contribution >= 4 is 23.6 Å². The van der Waals surface area contributed by atoms with Gasteiger partial charge in [-0.3, -0.25) is 9.59 Å². The summed E-state index contributed by atoms with van der Waals surface area (Å²) in [6.07, 6.45) is 1.05. The number of aryl methyl sites for hydroxylation is 2. The van der Waals surface area contributed by atoms with Gasteiger partial charge in [0.15, 0.2) is 6.61 Å². The van der Waals surface area contributed by atoms with Crippen LogP contribution in [0.3, 0.4) is 0 Å². The second-order valence-electron chi connectivity index (χ2n) is 6.10. The van der Waals surface area contributed by atoms with Crippen LogP contribution in [0.15, 0.2) is 53.4 Å². The fourth-order valence-electron chi connectivity index (χ4n) is 2.38. The predicted molar refractivity (Wildman–Crippen MR) is 105 cm³/mol. The van der Waals surface area contributed by atoms with Crippen molar-refractivity contribution < 1.29 is 14.3 Å². The van der Waals surface area contributed by atoms with E-state index in [1.54, 1.807) is 11.8 Å². The van der Waals surface area contributed by atoms with E-state index in [-0.39, 0.29) is 24.9 Å². The summed E-state index contributed by atoms with van der Waals surface area (Å²) < 4.78 is 5.02. The second-order valence-corrected chi connectivity index (χ2v) is 7.27. The molecule has 0 spiro atoms. The molecule has 0 radical (unpaired) electrons. The molecule has 0 heterocycles. The van der Waals surface area contributed by atoms with Crippen LogP contribution in [0.5, 0.6) is 0 Å². The zero-order valence-corrected chi connectivity index (χ0v) is 16.1. The third-order valence-corrected chi connectivity index (χ3v) is 4.95. The van der Waals surface area contributed by atoms with E-state index in [4.69, 9.17) is 4.74 Å². The van der Waals surface area contributed by atoms with Gasteiger partial charge in [0.2, 0.25) is 0 Å². The topological polar surface area (TPSA) is 55.4 Å². The highest BCUT2D eigenvalue weighted by atomic mass is 32.2. The van der Waals surface area contributed by atoms with Gasteiger partial charge < -0.3 is 10.1 Å². The highest BCUT2D eigenvalue weighted by Gasteiger charge is 2.08. The van der Waals surface area contributed by atoms with Crippen LogP contribution in [0.1, 0.15) is 23.1 Å². The minimum atomic E-state index is -0.348. The lowest BCUT2D eigenvalue weighted by Crippen LogP contribution is -2.30. The summed E-state index contributed by atoms with van der Waals surface area (Å²) in [7, 11) is 0. The van der Waals surface area contributed by atoms with Crippen LogP contribution >= 0.6 is 11.8 Å². The highest BCUT2D eigenvalue weighted by molar-refractivity contribution is 7.99. The third-order valence-electron chi connectivity index (χ3n) is 3.94. The van der Waals surface area contributed by atoms with Gasteiger partial charge in [0.25, 0.3) is 5.91 Å². The Hall–Kier alpha value is -2.27. The van der Waals surface area contributed by atoms with Gasteiger partial charge in [0, 0.05) is 17.2 Å². The summed E-state index contributed by atoms with van der Waals surface area (Å²) in [4.78, 5) is 24.6. The molecule has 4 nitrogen and oxygen atoms in total. The van der Waals surface area contributed by atoms with Gasteiger partial charge in [0.05, 0.1) is 6.42 Å². The molecule has 0 saturated carbocycles. The van der Waals surface area contributed by atoms with Crippen LogP contribution < -0.4 is 5.32 Å². The summed E-state index contributed by atoms with van der Waals surface area (Å²) in [5.74, 6) is 0.0216. The molecule has 0 unspecified atom stereocenters. The number of carbonyl (C=O) groups is 2. The van der Waals surface area contributed by atoms with Gasteiger partial charge in [-0.05, 0) is 43.5 Å². The molecule has 0 aliphatic heterocycles. The van der Waals surface area contributed by atoms with Gasteiger partial charge in [-0.25, -0.2) is 0 Å². The summed E-state index contributed by atoms with van der Waals surface area (Å²) in [5, 5.41) is 2.78. The van der Waals surface area contributed by atoms with E-state index < -0.39 is 0 Å². The zero-order chi connectivity index (χ0) is 18.8. The molecular weight excluding hydrogens is 346 g/mol. The second kappa shape index (κ2) is 10.7. The Labute approximate surface area is 159 Å². The van der Waals surface area contributed by atoms with E-state index in [2.05, 4.69) is 5.32 Å². The van der Waals surface area contributed by atoms with Gasteiger partial charge >= 0.3 is 5.97 Å². The molecule has 0 aliphatic rings. The quantitative estimate of drug-likeness (QED) is 0.540. The van der Waals surface area contributed by atoms with E-state index in [0.29, 0.717) is 12.3 Å². The maximum atomic E-state index is 11.8. The Balaban J connectivity index is 1.57. The van der Waals surface area contributed by atoms with Crippen molar-refractivity contribution in [3.05, 3.63) is 65.2 Å². The summed E-state index contributed by atoms with van der Waals surface area (Å²) in [6, 6.07) is 16.2. The fraction of sp³-hybridized carbons (Fsp3) is 0.333. The molecule has 138 valence electrons. The molecule has 2 aromatic carbocycles. The van der Waals surface area contributed by atoms with E-state index in [1.807, 2.05) is 62.4 Å². The number of benzene rings is 2. The Bertz CT molecular complexity index is 728. The molecular formula is C21H25NO3S. The van der Waals surface area contributed by atoms with Crippen molar-refractivity contribution in [3.63, 3.8) is 0 Å². The first-order chi connectivity index (χ1) is 12.5. The Morgan fingerprint density at radius 1 is 1.04 bits per heavy atom. The average molecular weight is 372 g/mol. The van der Waals surface area contributed by atoms with Crippen LogP contribution in [-0.4, -0.2) is 30.8 Å². The molecule has 1 amide bonds. The van der Waals surface area contributed by atoms with E-state index in [1.165, 1.54) is 16.7 Å². The average Bonchev–Trinajstić information content (AvgIpc) is 2.63. The van der Waals surface area contributed by atoms with Crippen molar-refractivity contribution in [1.29, 1.82) is 0 Å². The number of ether oxygens (including phenoxy) is 1. The van der Waals surface area contributed by atoms with Crippen LogP contribution in [-0.2, 0) is 20.7 Å². The summed E-state index contributed by atoms with van der Waals surface area (Å²) >= 11 is 1.60. The Morgan fingerprint density at radius 2 is 1.77 bits per heavy atom. The Kier molecular flexibility index (Phi) is 8.22. The van der Waals surface area contributed by atoms with Crippen molar-refractivity contribution in [2.75, 3.05) is 18.9 Å². The minimum Gasteiger partial charge on any atom is -0.456 e. The van der Waals surface area contributed by atoms with Crippen molar-refractivity contribution in [2.45, 2.75) is 31.6 Å². The summed E-state index contributed by atoms with van der Waals surface area (Å²) in [5.41, 5.74) is 3.62. The number of amides is 1. The van der Waals surface area contributed by atoms with Gasteiger partial charge in [-0.1, -0.05) is 42.0 Å². The van der Waals surface area contributed by atoms with Crippen molar-refractivity contribution in [1.82, 2.24) is 5.32 Å². The molecule has 0 saturated heterocycles. The van der Waals surface area contributed by atoms with E-state index in [9.17, 15) is 9.59 Å². The molecule has 0 aromatic heterocycles. The number of nitrogens with one attached hydrogen (secondary N) is 1. The first kappa shape index (κ1) is 20.0. The van der Waals surface area contributed by atoms with Crippen LogP contribution in [0, 0.1) is 13.8 Å². The van der Waals surface area contributed by atoms with Gasteiger partial charge in [0.1, 0.15) is 0 Å². The SMILES string of the molecule is Cc1ccc(SCCC(=O)OCC(=O)NCCc2ccccc2C)cc1. The zero-order valence-electron chi connectivity index (χ0n) is 15.3. The van der Waals surface area contributed by atoms with Crippen LogP contribution in [0.25, 0.3) is 0 Å². The predicted octanol–water partition coefficient (Wildman–Crippen LogP) is 3.69. The number of rotatable bonds is 9. The maximum absolute atomic E-state index is 11.8. The number of esters is 1. The van der Waals surface area contributed by atoms with Crippen LogP contribution in [0.2, 0.25) is 0 Å². The third kappa shape index (κ3) is 7.31. The van der Waals surface area contributed by atoms with E-state index in [0.717, 1.165) is 11.3 Å². The first-order valence-corrected chi connectivity index (χ1v) is 9.69. The highest BCUT2D eigenvalue weighted by Crippen LogP contribution is 2.19. The number of hydrogen-bond donors (Lipinski definition) is 1. The number of hydrogen-bond acceptors (Lipinski definition) is 4. The lowest BCUT2D eigenvalue weighted by atomic mass is 10.1. The molecule has 5 heteroatoms. The lowest BCUT2D eigenvalue weighted by Gasteiger charge is -2.08. The molecule has 26 heavy (non-hydrogen) atoms. The lowest BCUT2D eigenvalue weighted by molar-refractivity contribution is -0.148. The van der Waals surface area contributed by atoms with Crippen molar-refractivity contribution in [2.24, 2.45) is 0 Å². The minimum absolute atomic E-state index is 0.220. The molecule has 0 fully saturated rings. The first-order valence-electron chi connectivity index (χ1n) is 8.71. The number of carbonyl (C=O) groups excluding carboxylic acids is 2. The monoisotopic (exact) mass is 371 g/mol. The molecule has 0 atom stereocenters. The molecule has 2 rings (SSSR count). The van der Waals surface area contributed by atoms with Crippen molar-refractivity contribution in [3.8, 4) is 0 Å². The van der Waals surface area contributed by atoms with Gasteiger partial charge in [-0.15, -0.1) is 11.8 Å². The number of thioether (sulfide) groups is 1. The maximum Gasteiger partial charge on any atom is 0.307 e. The molecule has 1 N–H and O–H groups in total. The van der Waals surface area contributed by atoms with E-state index >= 15 is 0 Å². The summed E-state index contributed by atoms with van der Waals surface area (Å²) in [6.45, 7) is 4.40. The molecule has 0 bridgehead atoms. The van der Waals surface area contributed by atoms with Crippen LogP contribution in [0.4, 0.5) is 0 Å². The smallest absolute Gasteiger partial charge is 0.307 e. The normalized spacial score (nSPS) is 10.4. The molecule has 2 aromatic rings. The standard InChI is InChI=1S/C21H25NO3S/c1-16-7-9-19(10-8-16)26-14-12-21(24)25-15-20(23)22-13-11-18-6-4-3-5-17(18)2/h3-10H,11-15H2,1-2H3,(H,22,23). The fourth-order valence-corrected chi connectivity index (χ4v) is 3.22.